The summed E-state index contributed by atoms with van der Waals surface area (Å²) in [7, 11) is 0. The Labute approximate surface area is 123 Å². The Morgan fingerprint density at radius 1 is 1.30 bits per heavy atom. The van der Waals surface area contributed by atoms with E-state index < -0.39 is 17.8 Å². The van der Waals surface area contributed by atoms with E-state index in [4.69, 9.17) is 4.74 Å². The molecule has 0 bridgehead atoms. The van der Waals surface area contributed by atoms with Crippen LogP contribution in [0.15, 0.2) is 0 Å². The van der Waals surface area contributed by atoms with E-state index in [2.05, 4.69) is 5.32 Å². The lowest BCUT2D eigenvalue weighted by Crippen LogP contribution is -2.46. The number of amides is 1. The van der Waals surface area contributed by atoms with Crippen LogP contribution in [0.5, 0.6) is 0 Å². The van der Waals surface area contributed by atoms with Crippen molar-refractivity contribution in [1.29, 1.82) is 0 Å². The van der Waals surface area contributed by atoms with Gasteiger partial charge in [-0.25, -0.2) is 4.79 Å². The Morgan fingerprint density at radius 2 is 1.90 bits per heavy atom. The maximum absolute atomic E-state index is 11.9. The molecule has 20 heavy (non-hydrogen) atoms. The van der Waals surface area contributed by atoms with E-state index in [1.165, 1.54) is 32.1 Å². The lowest BCUT2D eigenvalue weighted by atomic mass is 9.83. The molecule has 0 heterocycles. The van der Waals surface area contributed by atoms with Gasteiger partial charge in [0, 0.05) is 0 Å². The molecule has 0 saturated heterocycles. The Balaban J connectivity index is 2.52. The van der Waals surface area contributed by atoms with Gasteiger partial charge >= 0.3 is 6.09 Å². The molecule has 0 aromatic rings. The largest absolute Gasteiger partial charge is 0.444 e. The SMILES string of the molecule is CC[C@H](O)[C@H](CC1CCCCC1)NC(=O)OC(C)(C)C. The monoisotopic (exact) mass is 285 g/mol. The van der Waals surface area contributed by atoms with Gasteiger partial charge in [0.25, 0.3) is 0 Å². The van der Waals surface area contributed by atoms with Gasteiger partial charge in [0.1, 0.15) is 5.60 Å². The number of aliphatic hydroxyl groups excluding tert-OH is 1. The molecule has 1 aliphatic rings. The van der Waals surface area contributed by atoms with Crippen molar-refractivity contribution in [2.45, 2.75) is 90.4 Å². The number of carbonyl (C=O) groups excluding carboxylic acids is 1. The van der Waals surface area contributed by atoms with Crippen LogP contribution >= 0.6 is 0 Å². The Hall–Kier alpha value is -0.770. The highest BCUT2D eigenvalue weighted by Crippen LogP contribution is 2.28. The van der Waals surface area contributed by atoms with Gasteiger partial charge < -0.3 is 15.2 Å². The van der Waals surface area contributed by atoms with E-state index in [9.17, 15) is 9.90 Å². The summed E-state index contributed by atoms with van der Waals surface area (Å²) in [6, 6.07) is -0.196. The van der Waals surface area contributed by atoms with Crippen molar-refractivity contribution in [2.24, 2.45) is 5.92 Å². The van der Waals surface area contributed by atoms with Gasteiger partial charge in [-0.2, -0.15) is 0 Å². The summed E-state index contributed by atoms with van der Waals surface area (Å²) in [5.41, 5.74) is -0.503. The van der Waals surface area contributed by atoms with Crippen molar-refractivity contribution in [3.63, 3.8) is 0 Å². The molecule has 0 unspecified atom stereocenters. The zero-order chi connectivity index (χ0) is 15.2. The quantitative estimate of drug-likeness (QED) is 0.811. The van der Waals surface area contributed by atoms with Gasteiger partial charge in [0.2, 0.25) is 0 Å². The molecule has 0 spiro atoms. The molecule has 0 radical (unpaired) electrons. The van der Waals surface area contributed by atoms with Crippen molar-refractivity contribution in [2.75, 3.05) is 0 Å². The van der Waals surface area contributed by atoms with Crippen molar-refractivity contribution in [1.82, 2.24) is 5.32 Å². The number of carbonyl (C=O) groups is 1. The van der Waals surface area contributed by atoms with Crippen LogP contribution in [0.4, 0.5) is 4.79 Å². The molecule has 1 rings (SSSR count). The molecule has 4 heteroatoms. The number of ether oxygens (including phenoxy) is 1. The van der Waals surface area contributed by atoms with Gasteiger partial charge in [0.15, 0.2) is 0 Å². The molecule has 1 aliphatic carbocycles. The zero-order valence-corrected chi connectivity index (χ0v) is 13.4. The standard InChI is InChI=1S/C16H31NO3/c1-5-14(18)13(11-12-9-7-6-8-10-12)17-15(19)20-16(2,3)4/h12-14,18H,5-11H2,1-4H3,(H,17,19)/t13-,14-/m0/s1. The fourth-order valence-corrected chi connectivity index (χ4v) is 2.84. The molecule has 0 aromatic carbocycles. The first-order valence-electron chi connectivity index (χ1n) is 7.99. The van der Waals surface area contributed by atoms with Gasteiger partial charge in [-0.05, 0) is 39.5 Å². The predicted octanol–water partition coefficient (Wildman–Crippen LogP) is 3.62. The van der Waals surface area contributed by atoms with E-state index in [1.54, 1.807) is 0 Å². The zero-order valence-electron chi connectivity index (χ0n) is 13.4. The van der Waals surface area contributed by atoms with E-state index in [1.807, 2.05) is 27.7 Å². The fourth-order valence-electron chi connectivity index (χ4n) is 2.84. The summed E-state index contributed by atoms with van der Waals surface area (Å²) in [5, 5.41) is 13.0. The second-order valence-corrected chi connectivity index (χ2v) is 6.97. The van der Waals surface area contributed by atoms with Crippen LogP contribution in [0.3, 0.4) is 0 Å². The molecule has 0 aromatic heterocycles. The highest BCUT2D eigenvalue weighted by molar-refractivity contribution is 5.68. The third-order valence-corrected chi connectivity index (χ3v) is 3.90. The molecule has 1 saturated carbocycles. The average molecular weight is 285 g/mol. The van der Waals surface area contributed by atoms with E-state index in [0.717, 1.165) is 6.42 Å². The van der Waals surface area contributed by atoms with Crippen LogP contribution in [-0.4, -0.2) is 28.9 Å². The summed E-state index contributed by atoms with van der Waals surface area (Å²) < 4.78 is 5.29. The molecule has 0 aliphatic heterocycles. The minimum Gasteiger partial charge on any atom is -0.444 e. The Bertz CT molecular complexity index is 293. The number of hydrogen-bond donors (Lipinski definition) is 2. The van der Waals surface area contributed by atoms with Crippen LogP contribution in [0.1, 0.15) is 72.6 Å². The van der Waals surface area contributed by atoms with Crippen LogP contribution in [0, 0.1) is 5.92 Å². The minimum absolute atomic E-state index is 0.196. The molecule has 2 atom stereocenters. The van der Waals surface area contributed by atoms with Crippen molar-refractivity contribution in [3.8, 4) is 0 Å². The van der Waals surface area contributed by atoms with E-state index in [-0.39, 0.29) is 6.04 Å². The van der Waals surface area contributed by atoms with Crippen LogP contribution in [0.2, 0.25) is 0 Å². The summed E-state index contributed by atoms with van der Waals surface area (Å²) in [6.07, 6.45) is 6.86. The van der Waals surface area contributed by atoms with Gasteiger partial charge in [-0.15, -0.1) is 0 Å². The summed E-state index contributed by atoms with van der Waals surface area (Å²) in [5.74, 6) is 0.616. The normalized spacial score (nSPS) is 20.2. The average Bonchev–Trinajstić information content (AvgIpc) is 2.36. The van der Waals surface area contributed by atoms with Crippen molar-refractivity contribution in [3.05, 3.63) is 0 Å². The number of hydrogen-bond acceptors (Lipinski definition) is 3. The molecular weight excluding hydrogens is 254 g/mol. The van der Waals surface area contributed by atoms with E-state index in [0.29, 0.717) is 12.3 Å². The smallest absolute Gasteiger partial charge is 0.407 e. The molecule has 118 valence electrons. The molecule has 4 nitrogen and oxygen atoms in total. The second-order valence-electron chi connectivity index (χ2n) is 6.97. The number of alkyl carbamates (subject to hydrolysis) is 1. The molecule has 1 amide bonds. The van der Waals surface area contributed by atoms with E-state index >= 15 is 0 Å². The van der Waals surface area contributed by atoms with Crippen molar-refractivity contribution >= 4 is 6.09 Å². The topological polar surface area (TPSA) is 58.6 Å². The molecule has 2 N–H and O–H groups in total. The molecule has 1 fully saturated rings. The highest BCUT2D eigenvalue weighted by atomic mass is 16.6. The third-order valence-electron chi connectivity index (χ3n) is 3.90. The summed E-state index contributed by atoms with van der Waals surface area (Å²) in [6.45, 7) is 7.48. The van der Waals surface area contributed by atoms with Crippen LogP contribution in [-0.2, 0) is 4.74 Å². The summed E-state index contributed by atoms with van der Waals surface area (Å²) in [4.78, 5) is 11.9. The third kappa shape index (κ3) is 6.60. The Morgan fingerprint density at radius 3 is 2.40 bits per heavy atom. The molecular formula is C16H31NO3. The first-order chi connectivity index (χ1) is 9.31. The maximum Gasteiger partial charge on any atom is 0.407 e. The first-order valence-corrected chi connectivity index (χ1v) is 7.99. The lowest BCUT2D eigenvalue weighted by molar-refractivity contribution is 0.0387. The number of rotatable bonds is 5. The van der Waals surface area contributed by atoms with Crippen molar-refractivity contribution < 1.29 is 14.6 Å². The van der Waals surface area contributed by atoms with Crippen LogP contribution < -0.4 is 5.32 Å². The Kier molecular flexibility index (Phi) is 6.80. The van der Waals surface area contributed by atoms with Gasteiger partial charge in [-0.1, -0.05) is 39.0 Å². The first kappa shape index (κ1) is 17.3. The fraction of sp³-hybridized carbons (Fsp3) is 0.938. The number of aliphatic hydroxyl groups is 1. The van der Waals surface area contributed by atoms with Gasteiger partial charge in [0.05, 0.1) is 12.1 Å². The minimum atomic E-state index is -0.503. The lowest BCUT2D eigenvalue weighted by Gasteiger charge is -2.30. The number of nitrogens with one attached hydrogen (secondary N) is 1. The predicted molar refractivity (Wildman–Crippen MR) is 80.6 cm³/mol. The second kappa shape index (κ2) is 7.87. The highest BCUT2D eigenvalue weighted by Gasteiger charge is 2.27. The van der Waals surface area contributed by atoms with Crippen LogP contribution in [0.25, 0.3) is 0 Å². The van der Waals surface area contributed by atoms with Gasteiger partial charge in [-0.3, -0.25) is 0 Å². The maximum atomic E-state index is 11.9. The summed E-state index contributed by atoms with van der Waals surface area (Å²) >= 11 is 0.